The second-order valence-corrected chi connectivity index (χ2v) is 5.19. The van der Waals surface area contributed by atoms with Gasteiger partial charge < -0.3 is 10.6 Å². The van der Waals surface area contributed by atoms with E-state index < -0.39 is 0 Å². The van der Waals surface area contributed by atoms with Crippen LogP contribution < -0.4 is 10.6 Å². The average molecular weight is 334 g/mol. The Morgan fingerprint density at radius 3 is 2.90 bits per heavy atom. The molecule has 1 aromatic heterocycles. The predicted octanol–water partition coefficient (Wildman–Crippen LogP) is 3.21. The highest BCUT2D eigenvalue weighted by Crippen LogP contribution is 2.12. The maximum absolute atomic E-state index is 12.0. The topological polar surface area (TPSA) is 54.0 Å². The quantitative estimate of drug-likeness (QED) is 0.883. The zero-order valence-corrected chi connectivity index (χ0v) is 12.8. The highest BCUT2D eigenvalue weighted by atomic mass is 79.9. The van der Waals surface area contributed by atoms with Crippen molar-refractivity contribution in [1.29, 1.82) is 0 Å². The molecule has 4 nitrogen and oxygen atoms in total. The van der Waals surface area contributed by atoms with Crippen molar-refractivity contribution in [1.82, 2.24) is 10.3 Å². The summed E-state index contributed by atoms with van der Waals surface area (Å²) in [6.07, 6.45) is 1.63. The number of nitrogens with one attached hydrogen (secondary N) is 2. The molecule has 0 unspecified atom stereocenters. The van der Waals surface area contributed by atoms with Crippen LogP contribution in [0.3, 0.4) is 0 Å². The fourth-order valence-electron chi connectivity index (χ4n) is 1.79. The molecule has 1 amide bonds. The molecule has 0 saturated carbocycles. The van der Waals surface area contributed by atoms with Gasteiger partial charge in [-0.15, -0.1) is 0 Å². The zero-order valence-electron chi connectivity index (χ0n) is 11.2. The summed E-state index contributed by atoms with van der Waals surface area (Å²) in [5.74, 6) is -0.176. The number of carbonyl (C=O) groups excluding carboxylic acids is 1. The van der Waals surface area contributed by atoms with Crippen molar-refractivity contribution in [3.63, 3.8) is 0 Å². The van der Waals surface area contributed by atoms with Crippen molar-refractivity contribution >= 4 is 27.5 Å². The minimum Gasteiger partial charge on any atom is -0.385 e. The number of carbonyl (C=O) groups is 1. The Morgan fingerprint density at radius 2 is 2.15 bits per heavy atom. The Balaban J connectivity index is 1.99. The van der Waals surface area contributed by atoms with Crippen LogP contribution in [-0.2, 0) is 6.54 Å². The first-order valence-corrected chi connectivity index (χ1v) is 7.21. The van der Waals surface area contributed by atoms with Gasteiger partial charge in [0.15, 0.2) is 0 Å². The Bertz CT molecular complexity index is 601. The van der Waals surface area contributed by atoms with Gasteiger partial charge in [0.1, 0.15) is 5.69 Å². The predicted molar refractivity (Wildman–Crippen MR) is 83.7 cm³/mol. The van der Waals surface area contributed by atoms with E-state index in [2.05, 4.69) is 31.5 Å². The van der Waals surface area contributed by atoms with Gasteiger partial charge in [-0.25, -0.2) is 0 Å². The fourth-order valence-corrected chi connectivity index (χ4v) is 2.24. The molecule has 20 heavy (non-hydrogen) atoms. The van der Waals surface area contributed by atoms with E-state index in [1.165, 1.54) is 0 Å². The largest absolute Gasteiger partial charge is 0.385 e. The molecule has 1 aromatic carbocycles. The number of benzene rings is 1. The summed E-state index contributed by atoms with van der Waals surface area (Å²) >= 11 is 3.41. The summed E-state index contributed by atoms with van der Waals surface area (Å²) in [7, 11) is 0. The SMILES string of the molecule is CCNc1ccnc(C(=O)NCc2cccc(Br)c2)c1. The number of rotatable bonds is 5. The lowest BCUT2D eigenvalue weighted by Gasteiger charge is -2.07. The molecular weight excluding hydrogens is 318 g/mol. The molecule has 5 heteroatoms. The van der Waals surface area contributed by atoms with Gasteiger partial charge in [-0.2, -0.15) is 0 Å². The molecule has 0 aliphatic carbocycles. The summed E-state index contributed by atoms with van der Waals surface area (Å²) in [6, 6.07) is 11.4. The van der Waals surface area contributed by atoms with E-state index in [1.54, 1.807) is 12.3 Å². The molecule has 0 saturated heterocycles. The molecule has 2 rings (SSSR count). The van der Waals surface area contributed by atoms with Crippen LogP contribution in [0.1, 0.15) is 23.0 Å². The van der Waals surface area contributed by atoms with Crippen LogP contribution in [0.4, 0.5) is 5.69 Å². The van der Waals surface area contributed by atoms with Gasteiger partial charge in [0.25, 0.3) is 5.91 Å². The molecule has 0 spiro atoms. The second kappa shape index (κ2) is 7.05. The normalized spacial score (nSPS) is 10.1. The Hall–Kier alpha value is -1.88. The van der Waals surface area contributed by atoms with Crippen LogP contribution in [0.25, 0.3) is 0 Å². The number of nitrogens with zero attached hydrogens (tertiary/aromatic N) is 1. The van der Waals surface area contributed by atoms with Gasteiger partial charge in [-0.1, -0.05) is 28.1 Å². The van der Waals surface area contributed by atoms with Crippen LogP contribution in [-0.4, -0.2) is 17.4 Å². The first-order chi connectivity index (χ1) is 9.69. The zero-order chi connectivity index (χ0) is 14.4. The van der Waals surface area contributed by atoms with Gasteiger partial charge in [0.05, 0.1) is 0 Å². The highest BCUT2D eigenvalue weighted by Gasteiger charge is 2.07. The Morgan fingerprint density at radius 1 is 1.30 bits per heavy atom. The van der Waals surface area contributed by atoms with Crippen LogP contribution in [0, 0.1) is 0 Å². The van der Waals surface area contributed by atoms with Crippen molar-refractivity contribution < 1.29 is 4.79 Å². The van der Waals surface area contributed by atoms with E-state index in [0.717, 1.165) is 22.3 Å². The van der Waals surface area contributed by atoms with E-state index >= 15 is 0 Å². The van der Waals surface area contributed by atoms with Crippen molar-refractivity contribution in [2.24, 2.45) is 0 Å². The van der Waals surface area contributed by atoms with Crippen molar-refractivity contribution in [3.05, 3.63) is 58.3 Å². The van der Waals surface area contributed by atoms with Gasteiger partial charge >= 0.3 is 0 Å². The third-order valence-corrected chi connectivity index (χ3v) is 3.21. The number of anilines is 1. The van der Waals surface area contributed by atoms with Gasteiger partial charge in [-0.3, -0.25) is 9.78 Å². The third-order valence-electron chi connectivity index (χ3n) is 2.72. The van der Waals surface area contributed by atoms with Crippen LogP contribution in [0.5, 0.6) is 0 Å². The summed E-state index contributed by atoms with van der Waals surface area (Å²) < 4.78 is 0.997. The van der Waals surface area contributed by atoms with Crippen molar-refractivity contribution in [3.8, 4) is 0 Å². The molecule has 2 N–H and O–H groups in total. The second-order valence-electron chi connectivity index (χ2n) is 4.27. The average Bonchev–Trinajstić information content (AvgIpc) is 2.45. The van der Waals surface area contributed by atoms with Crippen molar-refractivity contribution in [2.45, 2.75) is 13.5 Å². The maximum atomic E-state index is 12.0. The minimum absolute atomic E-state index is 0.176. The molecule has 0 bridgehead atoms. The van der Waals surface area contributed by atoms with E-state index in [4.69, 9.17) is 0 Å². The lowest BCUT2D eigenvalue weighted by molar-refractivity contribution is 0.0946. The van der Waals surface area contributed by atoms with E-state index in [0.29, 0.717) is 12.2 Å². The van der Waals surface area contributed by atoms with Crippen molar-refractivity contribution in [2.75, 3.05) is 11.9 Å². The fraction of sp³-hybridized carbons (Fsp3) is 0.200. The molecule has 0 fully saturated rings. The smallest absolute Gasteiger partial charge is 0.270 e. The Kier molecular flexibility index (Phi) is 5.12. The summed E-state index contributed by atoms with van der Waals surface area (Å²) in [4.78, 5) is 16.1. The summed E-state index contributed by atoms with van der Waals surface area (Å²) in [5.41, 5.74) is 2.35. The maximum Gasteiger partial charge on any atom is 0.270 e. The molecule has 1 heterocycles. The van der Waals surface area contributed by atoms with Crippen LogP contribution >= 0.6 is 15.9 Å². The number of hydrogen-bond donors (Lipinski definition) is 2. The molecule has 0 radical (unpaired) electrons. The molecule has 2 aromatic rings. The van der Waals surface area contributed by atoms with E-state index in [9.17, 15) is 4.79 Å². The first-order valence-electron chi connectivity index (χ1n) is 6.41. The van der Waals surface area contributed by atoms with E-state index in [-0.39, 0.29) is 5.91 Å². The number of amides is 1. The third kappa shape index (κ3) is 4.06. The van der Waals surface area contributed by atoms with Crippen LogP contribution in [0.15, 0.2) is 47.1 Å². The molecule has 0 aliphatic rings. The molecule has 0 aliphatic heterocycles. The minimum atomic E-state index is -0.176. The van der Waals surface area contributed by atoms with Gasteiger partial charge in [0.2, 0.25) is 0 Å². The monoisotopic (exact) mass is 333 g/mol. The highest BCUT2D eigenvalue weighted by molar-refractivity contribution is 9.10. The lowest BCUT2D eigenvalue weighted by atomic mass is 10.2. The number of hydrogen-bond acceptors (Lipinski definition) is 3. The van der Waals surface area contributed by atoms with E-state index in [1.807, 2.05) is 37.3 Å². The van der Waals surface area contributed by atoms with Crippen LogP contribution in [0.2, 0.25) is 0 Å². The molecule has 0 atom stereocenters. The number of pyridine rings is 1. The van der Waals surface area contributed by atoms with Gasteiger partial charge in [0, 0.05) is 29.4 Å². The lowest BCUT2D eigenvalue weighted by Crippen LogP contribution is -2.23. The first kappa shape index (κ1) is 14.5. The summed E-state index contributed by atoms with van der Waals surface area (Å²) in [6.45, 7) is 3.29. The molecular formula is C15H16BrN3O. The standard InChI is InChI=1S/C15H16BrN3O/c1-2-17-13-6-7-18-14(9-13)15(20)19-10-11-4-3-5-12(16)8-11/h3-9H,2,10H2,1H3,(H,17,18)(H,19,20). The Labute approximate surface area is 126 Å². The molecule has 104 valence electrons. The van der Waals surface area contributed by atoms with Gasteiger partial charge in [-0.05, 0) is 36.8 Å². The number of halogens is 1. The number of aromatic nitrogens is 1. The summed E-state index contributed by atoms with van der Waals surface area (Å²) in [5, 5.41) is 6.02.